The van der Waals surface area contributed by atoms with Gasteiger partial charge in [-0.2, -0.15) is 0 Å². The van der Waals surface area contributed by atoms with Gasteiger partial charge in [0.15, 0.2) is 11.6 Å². The average Bonchev–Trinajstić information content (AvgIpc) is 2.68. The summed E-state index contributed by atoms with van der Waals surface area (Å²) in [5.74, 6) is -2.68. The summed E-state index contributed by atoms with van der Waals surface area (Å²) in [6.45, 7) is 0. The van der Waals surface area contributed by atoms with Crippen molar-refractivity contribution in [3.63, 3.8) is 0 Å². The molecular formula is C20H12F4N4. The fourth-order valence-electron chi connectivity index (χ4n) is 2.62. The Balaban J connectivity index is 1.82. The van der Waals surface area contributed by atoms with E-state index >= 15 is 0 Å². The molecule has 0 atom stereocenters. The second-order valence-corrected chi connectivity index (χ2v) is 5.91. The summed E-state index contributed by atoms with van der Waals surface area (Å²) in [6, 6.07) is 12.6. The van der Waals surface area contributed by atoms with Gasteiger partial charge in [-0.3, -0.25) is 0 Å². The van der Waals surface area contributed by atoms with Gasteiger partial charge in [0.05, 0.1) is 22.4 Å². The van der Waals surface area contributed by atoms with Gasteiger partial charge in [-0.05, 0) is 36.4 Å². The van der Waals surface area contributed by atoms with Crippen molar-refractivity contribution >= 4 is 34.0 Å². The summed E-state index contributed by atoms with van der Waals surface area (Å²) in [7, 11) is 0. The van der Waals surface area contributed by atoms with Gasteiger partial charge in [-0.15, -0.1) is 0 Å². The number of hydrogen-bond acceptors (Lipinski definition) is 4. The van der Waals surface area contributed by atoms with Crippen molar-refractivity contribution in [3.8, 4) is 0 Å². The molecule has 0 bridgehead atoms. The van der Waals surface area contributed by atoms with Crippen LogP contribution in [0.5, 0.6) is 0 Å². The Bertz CT molecular complexity index is 1090. The number of para-hydroxylation sites is 2. The maximum atomic E-state index is 14.0. The Kier molecular flexibility index (Phi) is 4.52. The third-order valence-electron chi connectivity index (χ3n) is 3.93. The van der Waals surface area contributed by atoms with Gasteiger partial charge in [0.2, 0.25) is 0 Å². The van der Waals surface area contributed by atoms with Crippen LogP contribution in [-0.2, 0) is 0 Å². The smallest absolute Gasteiger partial charge is 0.174 e. The highest BCUT2D eigenvalue weighted by Gasteiger charge is 2.14. The molecule has 4 aromatic rings. The zero-order chi connectivity index (χ0) is 19.7. The van der Waals surface area contributed by atoms with E-state index in [1.807, 2.05) is 0 Å². The molecular weight excluding hydrogens is 372 g/mol. The largest absolute Gasteiger partial charge is 0.335 e. The van der Waals surface area contributed by atoms with Gasteiger partial charge in [0.25, 0.3) is 0 Å². The van der Waals surface area contributed by atoms with Crippen LogP contribution in [0.25, 0.3) is 11.0 Å². The lowest BCUT2D eigenvalue weighted by atomic mass is 10.2. The SMILES string of the molecule is Fc1ccc(F)c(Nc2nc3ccccc3nc2Nc2cc(F)ccc2F)c1. The Morgan fingerprint density at radius 1 is 0.571 bits per heavy atom. The van der Waals surface area contributed by atoms with Crippen molar-refractivity contribution in [2.45, 2.75) is 0 Å². The lowest BCUT2D eigenvalue weighted by molar-refractivity contribution is 0.603. The molecule has 140 valence electrons. The molecule has 0 radical (unpaired) electrons. The summed E-state index contributed by atoms with van der Waals surface area (Å²) >= 11 is 0. The molecule has 28 heavy (non-hydrogen) atoms. The first-order valence-corrected chi connectivity index (χ1v) is 8.20. The number of benzene rings is 3. The predicted octanol–water partition coefficient (Wildman–Crippen LogP) is 5.67. The molecule has 0 unspecified atom stereocenters. The first-order valence-electron chi connectivity index (χ1n) is 8.20. The van der Waals surface area contributed by atoms with E-state index in [1.165, 1.54) is 0 Å². The molecule has 0 spiro atoms. The predicted molar refractivity (Wildman–Crippen MR) is 98.8 cm³/mol. The van der Waals surface area contributed by atoms with Crippen LogP contribution in [0.2, 0.25) is 0 Å². The monoisotopic (exact) mass is 384 g/mol. The maximum Gasteiger partial charge on any atom is 0.174 e. The van der Waals surface area contributed by atoms with Crippen molar-refractivity contribution in [1.82, 2.24) is 9.97 Å². The van der Waals surface area contributed by atoms with Crippen LogP contribution in [0.15, 0.2) is 60.7 Å². The third-order valence-corrected chi connectivity index (χ3v) is 3.93. The van der Waals surface area contributed by atoms with Crippen LogP contribution in [-0.4, -0.2) is 9.97 Å². The fraction of sp³-hybridized carbons (Fsp3) is 0. The van der Waals surface area contributed by atoms with Crippen molar-refractivity contribution in [1.29, 1.82) is 0 Å². The summed E-state index contributed by atoms with van der Waals surface area (Å²) in [4.78, 5) is 8.70. The highest BCUT2D eigenvalue weighted by atomic mass is 19.1. The molecule has 0 aliphatic heterocycles. The number of nitrogens with one attached hydrogen (secondary N) is 2. The van der Waals surface area contributed by atoms with Crippen LogP contribution < -0.4 is 10.6 Å². The molecule has 1 aromatic heterocycles. The number of halogens is 4. The van der Waals surface area contributed by atoms with E-state index in [1.54, 1.807) is 24.3 Å². The topological polar surface area (TPSA) is 49.8 Å². The zero-order valence-electron chi connectivity index (χ0n) is 14.2. The summed E-state index contributed by atoms with van der Waals surface area (Å²) in [5.41, 5.74) is 0.610. The van der Waals surface area contributed by atoms with E-state index in [4.69, 9.17) is 0 Å². The van der Waals surface area contributed by atoms with Crippen molar-refractivity contribution in [2.24, 2.45) is 0 Å². The lowest BCUT2D eigenvalue weighted by Gasteiger charge is -2.14. The average molecular weight is 384 g/mol. The van der Waals surface area contributed by atoms with E-state index in [0.717, 1.165) is 36.4 Å². The number of fused-ring (bicyclic) bond motifs is 1. The van der Waals surface area contributed by atoms with Crippen LogP contribution in [0.3, 0.4) is 0 Å². The molecule has 4 rings (SSSR count). The van der Waals surface area contributed by atoms with E-state index in [0.29, 0.717) is 11.0 Å². The molecule has 3 aromatic carbocycles. The van der Waals surface area contributed by atoms with Gasteiger partial charge in [-0.25, -0.2) is 27.5 Å². The second-order valence-electron chi connectivity index (χ2n) is 5.91. The molecule has 4 nitrogen and oxygen atoms in total. The first-order chi connectivity index (χ1) is 13.5. The van der Waals surface area contributed by atoms with Crippen molar-refractivity contribution < 1.29 is 17.6 Å². The summed E-state index contributed by atoms with van der Waals surface area (Å²) in [6.07, 6.45) is 0. The van der Waals surface area contributed by atoms with Gasteiger partial charge >= 0.3 is 0 Å². The minimum Gasteiger partial charge on any atom is -0.335 e. The molecule has 0 saturated heterocycles. The van der Waals surface area contributed by atoms with Crippen LogP contribution in [0.4, 0.5) is 40.6 Å². The van der Waals surface area contributed by atoms with Crippen LogP contribution >= 0.6 is 0 Å². The minimum absolute atomic E-state index is 0.0202. The minimum atomic E-state index is -0.709. The van der Waals surface area contributed by atoms with E-state index in [2.05, 4.69) is 20.6 Å². The zero-order valence-corrected chi connectivity index (χ0v) is 14.2. The van der Waals surface area contributed by atoms with Crippen molar-refractivity contribution in [3.05, 3.63) is 83.9 Å². The van der Waals surface area contributed by atoms with Gasteiger partial charge in [0, 0.05) is 12.1 Å². The molecule has 0 aliphatic carbocycles. The number of nitrogens with zero attached hydrogens (tertiary/aromatic N) is 2. The van der Waals surface area contributed by atoms with Crippen molar-refractivity contribution in [2.75, 3.05) is 10.6 Å². The Hall–Kier alpha value is -3.68. The number of rotatable bonds is 4. The Morgan fingerprint density at radius 3 is 1.43 bits per heavy atom. The second kappa shape index (κ2) is 7.15. The molecule has 1 heterocycles. The fourth-order valence-corrected chi connectivity index (χ4v) is 2.62. The van der Waals surface area contributed by atoms with Gasteiger partial charge in [0.1, 0.15) is 23.3 Å². The summed E-state index contributed by atoms with van der Waals surface area (Å²) < 4.78 is 55.1. The lowest BCUT2D eigenvalue weighted by Crippen LogP contribution is -2.05. The number of anilines is 4. The van der Waals surface area contributed by atoms with Crippen LogP contribution in [0.1, 0.15) is 0 Å². The molecule has 8 heteroatoms. The molecule has 0 aliphatic rings. The number of hydrogen-bond donors (Lipinski definition) is 2. The van der Waals surface area contributed by atoms with Gasteiger partial charge < -0.3 is 10.6 Å². The summed E-state index contributed by atoms with van der Waals surface area (Å²) in [5, 5.41) is 5.32. The van der Waals surface area contributed by atoms with E-state index < -0.39 is 23.3 Å². The highest BCUT2D eigenvalue weighted by Crippen LogP contribution is 2.30. The van der Waals surface area contributed by atoms with Gasteiger partial charge in [-0.1, -0.05) is 12.1 Å². The quantitative estimate of drug-likeness (QED) is 0.445. The Labute approximate surface area is 156 Å². The molecule has 0 saturated carbocycles. The van der Waals surface area contributed by atoms with E-state index in [9.17, 15) is 17.6 Å². The van der Waals surface area contributed by atoms with Crippen LogP contribution in [0, 0.1) is 23.3 Å². The molecule has 0 amide bonds. The normalized spacial score (nSPS) is 10.9. The Morgan fingerprint density at radius 2 is 1.00 bits per heavy atom. The maximum absolute atomic E-state index is 14.0. The van der Waals surface area contributed by atoms with E-state index in [-0.39, 0.29) is 23.0 Å². The molecule has 0 fully saturated rings. The standard InChI is InChI=1S/C20H12F4N4/c21-11-5-7-13(23)17(9-11)27-19-20(26-16-4-2-1-3-15(16)25-19)28-18-10-12(22)6-8-14(18)24/h1-10H,(H,25,27)(H,26,28). The molecule has 2 N–H and O–H groups in total. The number of aromatic nitrogens is 2. The highest BCUT2D eigenvalue weighted by molar-refractivity contribution is 5.83. The first kappa shape index (κ1) is 17.7. The third kappa shape index (κ3) is 3.57.